The quantitative estimate of drug-likeness (QED) is 0.774. The van der Waals surface area contributed by atoms with E-state index >= 15 is 0 Å². The van der Waals surface area contributed by atoms with Gasteiger partial charge in [0, 0.05) is 25.8 Å². The van der Waals surface area contributed by atoms with E-state index in [9.17, 15) is 9.59 Å². The van der Waals surface area contributed by atoms with Crippen molar-refractivity contribution >= 4 is 17.5 Å². The summed E-state index contributed by atoms with van der Waals surface area (Å²) in [5.74, 6) is 0.0365. The largest absolute Gasteiger partial charge is 0.383 e. The summed E-state index contributed by atoms with van der Waals surface area (Å²) in [4.78, 5) is 22.9. The highest BCUT2D eigenvalue weighted by molar-refractivity contribution is 5.94. The van der Waals surface area contributed by atoms with Gasteiger partial charge in [0.1, 0.15) is 0 Å². The van der Waals surface area contributed by atoms with E-state index in [0.29, 0.717) is 26.0 Å². The van der Waals surface area contributed by atoms with Crippen molar-refractivity contribution < 1.29 is 14.3 Å². The second-order valence-corrected chi connectivity index (χ2v) is 4.56. The molecule has 19 heavy (non-hydrogen) atoms. The van der Waals surface area contributed by atoms with Gasteiger partial charge in [-0.25, -0.2) is 0 Å². The third-order valence-corrected chi connectivity index (χ3v) is 3.06. The van der Waals surface area contributed by atoms with Gasteiger partial charge >= 0.3 is 0 Å². The Kier molecular flexibility index (Phi) is 4.52. The average Bonchev–Trinajstić information content (AvgIpc) is 2.39. The Balaban J connectivity index is 1.95. The normalized spacial score (nSPS) is 13.6. The molecule has 0 radical (unpaired) electrons. The molecule has 0 aromatic heterocycles. The molecule has 1 heterocycles. The topological polar surface area (TPSA) is 67.4 Å². The second kappa shape index (κ2) is 6.33. The molecule has 1 aromatic carbocycles. The molecule has 102 valence electrons. The van der Waals surface area contributed by atoms with Crippen LogP contribution in [0.15, 0.2) is 18.2 Å². The molecule has 0 atom stereocenters. The van der Waals surface area contributed by atoms with Gasteiger partial charge in [-0.15, -0.1) is 0 Å². The summed E-state index contributed by atoms with van der Waals surface area (Å²) in [7, 11) is 1.60. The van der Waals surface area contributed by atoms with Crippen molar-refractivity contribution in [2.45, 2.75) is 19.3 Å². The van der Waals surface area contributed by atoms with E-state index in [2.05, 4.69) is 10.6 Å². The molecular weight excluding hydrogens is 244 g/mol. The Bertz CT molecular complexity index is 486. The van der Waals surface area contributed by atoms with Gasteiger partial charge in [0.2, 0.25) is 11.8 Å². The zero-order chi connectivity index (χ0) is 13.7. The predicted octanol–water partition coefficient (Wildman–Crippen LogP) is 0.876. The summed E-state index contributed by atoms with van der Waals surface area (Å²) >= 11 is 0. The number of amides is 2. The molecule has 0 spiro atoms. The fourth-order valence-electron chi connectivity index (χ4n) is 2.09. The number of hydrogen-bond donors (Lipinski definition) is 2. The zero-order valence-corrected chi connectivity index (χ0v) is 11.0. The van der Waals surface area contributed by atoms with E-state index in [1.807, 2.05) is 18.2 Å². The van der Waals surface area contributed by atoms with Crippen LogP contribution in [0.1, 0.15) is 17.5 Å². The Hall–Kier alpha value is -1.88. The number of anilines is 1. The third-order valence-electron chi connectivity index (χ3n) is 3.06. The Morgan fingerprint density at radius 1 is 1.42 bits per heavy atom. The first-order chi connectivity index (χ1) is 9.19. The van der Waals surface area contributed by atoms with Gasteiger partial charge in [-0.1, -0.05) is 12.1 Å². The first-order valence-corrected chi connectivity index (χ1v) is 6.36. The first kappa shape index (κ1) is 13.5. The summed E-state index contributed by atoms with van der Waals surface area (Å²) in [5.41, 5.74) is 2.92. The van der Waals surface area contributed by atoms with Crippen LogP contribution >= 0.6 is 0 Å². The van der Waals surface area contributed by atoms with Crippen molar-refractivity contribution in [2.24, 2.45) is 0 Å². The van der Waals surface area contributed by atoms with Crippen LogP contribution in [0.5, 0.6) is 0 Å². The predicted molar refractivity (Wildman–Crippen MR) is 72.0 cm³/mol. The van der Waals surface area contributed by atoms with E-state index in [1.54, 1.807) is 7.11 Å². The maximum absolute atomic E-state index is 11.7. The van der Waals surface area contributed by atoms with Gasteiger partial charge < -0.3 is 15.4 Å². The molecule has 0 saturated carbocycles. The summed E-state index contributed by atoms with van der Waals surface area (Å²) in [6.07, 6.45) is 1.60. The number of carbonyl (C=O) groups excluding carboxylic acids is 2. The number of rotatable bonds is 5. The first-order valence-electron chi connectivity index (χ1n) is 6.36. The Morgan fingerprint density at radius 2 is 2.26 bits per heavy atom. The lowest BCUT2D eigenvalue weighted by molar-refractivity contribution is -0.120. The second-order valence-electron chi connectivity index (χ2n) is 4.56. The third kappa shape index (κ3) is 3.79. The molecule has 1 aromatic rings. The summed E-state index contributed by atoms with van der Waals surface area (Å²) in [5, 5.41) is 5.61. The lowest BCUT2D eigenvalue weighted by atomic mass is 9.99. The van der Waals surface area contributed by atoms with Crippen LogP contribution in [0.3, 0.4) is 0 Å². The van der Waals surface area contributed by atoms with Crippen molar-refractivity contribution in [3.8, 4) is 0 Å². The van der Waals surface area contributed by atoms with Gasteiger partial charge in [-0.05, 0) is 23.6 Å². The Labute approximate surface area is 112 Å². The minimum absolute atomic E-state index is 0.0168. The fourth-order valence-corrected chi connectivity index (χ4v) is 2.09. The number of methoxy groups -OCH3 is 1. The standard InChI is InChI=1S/C14H18N2O3/c1-19-7-6-15-14(18)9-10-2-4-12-11(8-10)3-5-13(17)16-12/h2,4,8H,3,5-7,9H2,1H3,(H,15,18)(H,16,17). The van der Waals surface area contributed by atoms with Crippen LogP contribution in [0.4, 0.5) is 5.69 Å². The number of carbonyl (C=O) groups is 2. The molecule has 0 unspecified atom stereocenters. The van der Waals surface area contributed by atoms with E-state index in [1.165, 1.54) is 0 Å². The van der Waals surface area contributed by atoms with Gasteiger partial charge in [0.25, 0.3) is 0 Å². The molecule has 2 rings (SSSR count). The van der Waals surface area contributed by atoms with Crippen LogP contribution in [-0.2, 0) is 27.2 Å². The number of nitrogens with one attached hydrogen (secondary N) is 2. The van der Waals surface area contributed by atoms with Crippen molar-refractivity contribution in [3.05, 3.63) is 29.3 Å². The SMILES string of the molecule is COCCNC(=O)Cc1ccc2c(c1)CCC(=O)N2. The number of aryl methyl sites for hydroxylation is 1. The molecular formula is C14H18N2O3. The summed E-state index contributed by atoms with van der Waals surface area (Å²) < 4.78 is 4.87. The van der Waals surface area contributed by atoms with Gasteiger partial charge in [-0.3, -0.25) is 9.59 Å². The molecule has 0 bridgehead atoms. The molecule has 5 nitrogen and oxygen atoms in total. The van der Waals surface area contributed by atoms with Crippen molar-refractivity contribution in [2.75, 3.05) is 25.6 Å². The van der Waals surface area contributed by atoms with Gasteiger partial charge in [-0.2, -0.15) is 0 Å². The molecule has 0 fully saturated rings. The molecule has 2 N–H and O–H groups in total. The zero-order valence-electron chi connectivity index (χ0n) is 11.0. The van der Waals surface area contributed by atoms with Crippen molar-refractivity contribution in [1.82, 2.24) is 5.32 Å². The van der Waals surface area contributed by atoms with Crippen LogP contribution in [0, 0.1) is 0 Å². The molecule has 0 saturated heterocycles. The maximum atomic E-state index is 11.7. The molecule has 1 aliphatic rings. The van der Waals surface area contributed by atoms with E-state index in [0.717, 1.165) is 23.2 Å². The number of benzene rings is 1. The summed E-state index contributed by atoms with van der Waals surface area (Å²) in [6.45, 7) is 1.04. The number of hydrogen-bond acceptors (Lipinski definition) is 3. The molecule has 1 aliphatic heterocycles. The Morgan fingerprint density at radius 3 is 3.05 bits per heavy atom. The van der Waals surface area contributed by atoms with Crippen LogP contribution in [0.25, 0.3) is 0 Å². The van der Waals surface area contributed by atoms with Crippen LogP contribution in [-0.4, -0.2) is 32.1 Å². The molecule has 5 heteroatoms. The van der Waals surface area contributed by atoms with Crippen molar-refractivity contribution in [3.63, 3.8) is 0 Å². The van der Waals surface area contributed by atoms with Gasteiger partial charge in [0.15, 0.2) is 0 Å². The lowest BCUT2D eigenvalue weighted by Gasteiger charge is -2.17. The molecule has 0 aliphatic carbocycles. The smallest absolute Gasteiger partial charge is 0.224 e. The van der Waals surface area contributed by atoms with E-state index < -0.39 is 0 Å². The minimum Gasteiger partial charge on any atom is -0.383 e. The minimum atomic E-state index is -0.0168. The van der Waals surface area contributed by atoms with Gasteiger partial charge in [0.05, 0.1) is 13.0 Å². The van der Waals surface area contributed by atoms with E-state index in [-0.39, 0.29) is 11.8 Å². The highest BCUT2D eigenvalue weighted by Gasteiger charge is 2.15. The van der Waals surface area contributed by atoms with Crippen LogP contribution < -0.4 is 10.6 Å². The maximum Gasteiger partial charge on any atom is 0.224 e. The molecule has 2 amide bonds. The lowest BCUT2D eigenvalue weighted by Crippen LogP contribution is -2.28. The number of ether oxygens (including phenoxy) is 1. The number of fused-ring (bicyclic) bond motifs is 1. The highest BCUT2D eigenvalue weighted by atomic mass is 16.5. The average molecular weight is 262 g/mol. The highest BCUT2D eigenvalue weighted by Crippen LogP contribution is 2.23. The van der Waals surface area contributed by atoms with Crippen molar-refractivity contribution in [1.29, 1.82) is 0 Å². The monoisotopic (exact) mass is 262 g/mol. The fraction of sp³-hybridized carbons (Fsp3) is 0.429. The van der Waals surface area contributed by atoms with E-state index in [4.69, 9.17) is 4.74 Å². The van der Waals surface area contributed by atoms with Crippen LogP contribution in [0.2, 0.25) is 0 Å². The summed E-state index contributed by atoms with van der Waals surface area (Å²) in [6, 6.07) is 5.73.